The van der Waals surface area contributed by atoms with Gasteiger partial charge in [0.15, 0.2) is 0 Å². The molecule has 3 aromatic rings. The molecule has 0 spiro atoms. The van der Waals surface area contributed by atoms with Crippen LogP contribution in [0.5, 0.6) is 0 Å². The Morgan fingerprint density at radius 2 is 1.63 bits per heavy atom. The number of benzene rings is 3. The van der Waals surface area contributed by atoms with Gasteiger partial charge in [-0.2, -0.15) is 0 Å². The largest absolute Gasteiger partial charge is 0.378 e. The summed E-state index contributed by atoms with van der Waals surface area (Å²) in [5.74, 6) is -0.412. The number of rotatable bonds is 3. The highest BCUT2D eigenvalue weighted by molar-refractivity contribution is 6.01. The fourth-order valence-corrected chi connectivity index (χ4v) is 4.37. The molecule has 30 heavy (non-hydrogen) atoms. The molecule has 150 valence electrons. The maximum absolute atomic E-state index is 13.0. The molecule has 2 amide bonds. The van der Waals surface area contributed by atoms with Crippen LogP contribution in [0.4, 0.5) is 0 Å². The number of fused-ring (bicyclic) bond motifs is 3. The van der Waals surface area contributed by atoms with E-state index in [0.717, 1.165) is 33.4 Å². The molecule has 1 saturated heterocycles. The van der Waals surface area contributed by atoms with Crippen molar-refractivity contribution in [3.05, 3.63) is 82.9 Å². The molecule has 5 heteroatoms. The van der Waals surface area contributed by atoms with E-state index in [-0.39, 0.29) is 5.91 Å². The number of amides is 2. The first-order chi connectivity index (χ1) is 14.6. The predicted octanol–water partition coefficient (Wildman–Crippen LogP) is 3.50. The number of ether oxygens (including phenoxy) is 1. The molecule has 0 saturated carbocycles. The van der Waals surface area contributed by atoms with Gasteiger partial charge in [0.2, 0.25) is 5.91 Å². The van der Waals surface area contributed by atoms with Gasteiger partial charge >= 0.3 is 0 Å². The van der Waals surface area contributed by atoms with Crippen molar-refractivity contribution in [2.24, 2.45) is 5.73 Å². The Bertz CT molecular complexity index is 1150. The van der Waals surface area contributed by atoms with Gasteiger partial charge in [-0.25, -0.2) is 0 Å². The molecule has 3 aromatic carbocycles. The summed E-state index contributed by atoms with van der Waals surface area (Å²) in [5.41, 5.74) is 12.9. The summed E-state index contributed by atoms with van der Waals surface area (Å²) in [6.07, 6.45) is 0.643. The van der Waals surface area contributed by atoms with Gasteiger partial charge in [-0.1, -0.05) is 36.4 Å². The summed E-state index contributed by atoms with van der Waals surface area (Å²) in [6, 6.07) is 19.7. The number of nitrogens with two attached hydrogens (primary N) is 1. The molecule has 0 atom stereocenters. The maximum Gasteiger partial charge on any atom is 0.254 e. The minimum absolute atomic E-state index is 0.0175. The fourth-order valence-electron chi connectivity index (χ4n) is 4.37. The Balaban J connectivity index is 1.60. The number of morpholine rings is 1. The van der Waals surface area contributed by atoms with Crippen molar-refractivity contribution >= 4 is 11.8 Å². The Morgan fingerprint density at radius 1 is 0.867 bits per heavy atom. The number of carbonyl (C=O) groups excluding carboxylic acids is 2. The molecule has 5 nitrogen and oxygen atoms in total. The van der Waals surface area contributed by atoms with Crippen LogP contribution in [-0.4, -0.2) is 43.0 Å². The van der Waals surface area contributed by atoms with Crippen molar-refractivity contribution in [2.75, 3.05) is 26.3 Å². The average molecular weight is 398 g/mol. The Kier molecular flexibility index (Phi) is 4.60. The highest BCUT2D eigenvalue weighted by atomic mass is 16.5. The second-order valence-electron chi connectivity index (χ2n) is 7.73. The Labute approximate surface area is 175 Å². The van der Waals surface area contributed by atoms with Crippen molar-refractivity contribution in [3.8, 4) is 22.3 Å². The van der Waals surface area contributed by atoms with E-state index >= 15 is 0 Å². The Morgan fingerprint density at radius 3 is 2.37 bits per heavy atom. The zero-order chi connectivity index (χ0) is 20.7. The lowest BCUT2D eigenvalue weighted by atomic mass is 9.93. The van der Waals surface area contributed by atoms with E-state index in [0.29, 0.717) is 43.9 Å². The predicted molar refractivity (Wildman–Crippen MR) is 115 cm³/mol. The van der Waals surface area contributed by atoms with E-state index < -0.39 is 5.91 Å². The zero-order valence-corrected chi connectivity index (χ0v) is 16.6. The Hall–Kier alpha value is -3.44. The van der Waals surface area contributed by atoms with Crippen LogP contribution in [0.1, 0.15) is 31.8 Å². The number of primary amides is 1. The lowest BCUT2D eigenvalue weighted by Gasteiger charge is -2.27. The van der Waals surface area contributed by atoms with Gasteiger partial charge in [0.05, 0.1) is 13.2 Å². The lowest BCUT2D eigenvalue weighted by Crippen LogP contribution is -2.40. The summed E-state index contributed by atoms with van der Waals surface area (Å²) < 4.78 is 5.36. The molecule has 1 fully saturated rings. The standard InChI is InChI=1S/C25H22N2O3/c26-24(28)23-15-19(16-4-2-1-3-5-16)14-21-20-13-18(7-6-17(20)12-22(21)23)25(29)27-8-10-30-11-9-27/h1-7,13-15H,8-12H2,(H2,26,28). The van der Waals surface area contributed by atoms with E-state index in [4.69, 9.17) is 10.5 Å². The van der Waals surface area contributed by atoms with Gasteiger partial charge in [-0.15, -0.1) is 0 Å². The van der Waals surface area contributed by atoms with Crippen LogP contribution in [-0.2, 0) is 11.2 Å². The van der Waals surface area contributed by atoms with Gasteiger partial charge < -0.3 is 15.4 Å². The molecular formula is C25H22N2O3. The summed E-state index contributed by atoms with van der Waals surface area (Å²) in [5, 5.41) is 0. The number of hydrogen-bond donors (Lipinski definition) is 1. The van der Waals surface area contributed by atoms with Crippen LogP contribution in [0.15, 0.2) is 60.7 Å². The molecule has 0 bridgehead atoms. The second-order valence-corrected chi connectivity index (χ2v) is 7.73. The third-order valence-corrected chi connectivity index (χ3v) is 5.94. The van der Waals surface area contributed by atoms with E-state index in [2.05, 4.69) is 6.07 Å². The number of hydrogen-bond acceptors (Lipinski definition) is 3. The highest BCUT2D eigenvalue weighted by Gasteiger charge is 2.26. The van der Waals surface area contributed by atoms with Gasteiger partial charge in [-0.3, -0.25) is 9.59 Å². The summed E-state index contributed by atoms with van der Waals surface area (Å²) >= 11 is 0. The summed E-state index contributed by atoms with van der Waals surface area (Å²) in [4.78, 5) is 27.0. The first-order valence-corrected chi connectivity index (χ1v) is 10.1. The molecule has 0 unspecified atom stereocenters. The van der Waals surface area contributed by atoms with Crippen molar-refractivity contribution in [2.45, 2.75) is 6.42 Å². The highest BCUT2D eigenvalue weighted by Crippen LogP contribution is 2.41. The lowest BCUT2D eigenvalue weighted by molar-refractivity contribution is 0.0303. The smallest absolute Gasteiger partial charge is 0.254 e. The van der Waals surface area contributed by atoms with E-state index in [9.17, 15) is 9.59 Å². The normalized spacial score (nSPS) is 14.9. The van der Waals surface area contributed by atoms with Gasteiger partial charge in [0, 0.05) is 24.2 Å². The zero-order valence-electron chi connectivity index (χ0n) is 16.6. The van der Waals surface area contributed by atoms with Crippen molar-refractivity contribution in [1.29, 1.82) is 0 Å². The first kappa shape index (κ1) is 18.6. The van der Waals surface area contributed by atoms with Crippen LogP contribution in [0.3, 0.4) is 0 Å². The fraction of sp³-hybridized carbons (Fsp3) is 0.200. The maximum atomic E-state index is 13.0. The SMILES string of the molecule is NC(=O)c1cc(-c2ccccc2)cc2c1Cc1ccc(C(=O)N3CCOCC3)cc1-2. The summed E-state index contributed by atoms with van der Waals surface area (Å²) in [7, 11) is 0. The minimum Gasteiger partial charge on any atom is -0.378 e. The van der Waals surface area contributed by atoms with Crippen LogP contribution < -0.4 is 5.73 Å². The molecule has 1 aliphatic carbocycles. The quantitative estimate of drug-likeness (QED) is 0.574. The van der Waals surface area contributed by atoms with Crippen LogP contribution in [0.25, 0.3) is 22.3 Å². The van der Waals surface area contributed by atoms with E-state index in [1.54, 1.807) is 0 Å². The molecule has 1 aliphatic heterocycles. The topological polar surface area (TPSA) is 72.6 Å². The van der Waals surface area contributed by atoms with Crippen molar-refractivity contribution in [3.63, 3.8) is 0 Å². The van der Waals surface area contributed by atoms with Crippen LogP contribution in [0.2, 0.25) is 0 Å². The molecule has 0 radical (unpaired) electrons. The van der Waals surface area contributed by atoms with Crippen molar-refractivity contribution < 1.29 is 14.3 Å². The third-order valence-electron chi connectivity index (χ3n) is 5.94. The van der Waals surface area contributed by atoms with Gasteiger partial charge in [0.25, 0.3) is 5.91 Å². The van der Waals surface area contributed by atoms with E-state index in [1.807, 2.05) is 59.5 Å². The van der Waals surface area contributed by atoms with Crippen LogP contribution >= 0.6 is 0 Å². The molecule has 2 N–H and O–H groups in total. The first-order valence-electron chi connectivity index (χ1n) is 10.1. The van der Waals surface area contributed by atoms with Gasteiger partial charge in [-0.05, 0) is 64.1 Å². The minimum atomic E-state index is -0.429. The number of carbonyl (C=O) groups is 2. The molecule has 0 aromatic heterocycles. The molecule has 2 aliphatic rings. The number of nitrogens with zero attached hydrogens (tertiary/aromatic N) is 1. The van der Waals surface area contributed by atoms with Crippen molar-refractivity contribution in [1.82, 2.24) is 4.90 Å². The third kappa shape index (κ3) is 3.17. The van der Waals surface area contributed by atoms with E-state index in [1.165, 1.54) is 0 Å². The monoisotopic (exact) mass is 398 g/mol. The molecule has 1 heterocycles. The molecular weight excluding hydrogens is 376 g/mol. The summed E-state index contributed by atoms with van der Waals surface area (Å²) in [6.45, 7) is 2.36. The van der Waals surface area contributed by atoms with Crippen LogP contribution in [0, 0.1) is 0 Å². The second kappa shape index (κ2) is 7.43. The average Bonchev–Trinajstić information content (AvgIpc) is 3.16. The van der Waals surface area contributed by atoms with Gasteiger partial charge in [0.1, 0.15) is 0 Å². The molecule has 5 rings (SSSR count).